The van der Waals surface area contributed by atoms with Crippen LogP contribution in [0.3, 0.4) is 0 Å². The molecule has 19 heavy (non-hydrogen) atoms. The maximum atomic E-state index is 10.3. The first-order chi connectivity index (χ1) is 8.91. The molecular weight excluding hydrogens is 270 g/mol. The van der Waals surface area contributed by atoms with Crippen LogP contribution in [0.4, 0.5) is 5.69 Å². The van der Waals surface area contributed by atoms with Crippen LogP contribution in [0.1, 0.15) is 19.5 Å². The van der Waals surface area contributed by atoms with Crippen LogP contribution in [0.15, 0.2) is 18.5 Å². The van der Waals surface area contributed by atoms with Gasteiger partial charge in [0.2, 0.25) is 6.41 Å². The predicted octanol–water partition coefficient (Wildman–Crippen LogP) is 1.11. The summed E-state index contributed by atoms with van der Waals surface area (Å²) in [6, 6.07) is 1.53. The van der Waals surface area contributed by atoms with Crippen molar-refractivity contribution < 1.29 is 9.90 Å². The van der Waals surface area contributed by atoms with Crippen LogP contribution in [0.2, 0.25) is 5.02 Å². The highest BCUT2D eigenvalue weighted by Crippen LogP contribution is 2.22. The lowest BCUT2D eigenvalue weighted by molar-refractivity contribution is -0.105. The van der Waals surface area contributed by atoms with Crippen LogP contribution in [0.25, 0.3) is 5.82 Å². The van der Waals surface area contributed by atoms with Crippen LogP contribution >= 0.6 is 11.6 Å². The van der Waals surface area contributed by atoms with E-state index in [1.54, 1.807) is 13.8 Å². The summed E-state index contributed by atoms with van der Waals surface area (Å²) in [6.45, 7) is 3.21. The van der Waals surface area contributed by atoms with Gasteiger partial charge in [0.25, 0.3) is 0 Å². The Hall–Kier alpha value is -1.99. The number of carbonyl (C=O) groups excluding carboxylic acids is 1. The normalized spacial score (nSPS) is 11.4. The molecule has 2 aromatic heterocycles. The molecule has 0 saturated heterocycles. The first-order valence-electron chi connectivity index (χ1n) is 5.43. The van der Waals surface area contributed by atoms with E-state index in [1.165, 1.54) is 23.3 Å². The highest BCUT2D eigenvalue weighted by molar-refractivity contribution is 6.32. The smallest absolute Gasteiger partial charge is 0.211 e. The van der Waals surface area contributed by atoms with Gasteiger partial charge in [-0.3, -0.25) is 4.79 Å². The summed E-state index contributed by atoms with van der Waals surface area (Å²) in [4.78, 5) is 15.6. The second-order valence-corrected chi connectivity index (χ2v) is 4.78. The minimum atomic E-state index is -1.09. The van der Waals surface area contributed by atoms with Gasteiger partial charge in [-0.15, -0.1) is 9.90 Å². The molecule has 0 saturated carbocycles. The molecule has 0 aliphatic heterocycles. The molecular formula is C11H12ClN5O2. The zero-order chi connectivity index (χ0) is 14.0. The third-order valence-electron chi connectivity index (χ3n) is 2.36. The molecule has 0 aromatic carbocycles. The number of aliphatic hydroxyl groups is 1. The molecule has 2 heterocycles. The second-order valence-electron chi connectivity index (χ2n) is 4.37. The molecule has 100 valence electrons. The molecule has 0 aliphatic carbocycles. The molecule has 2 rings (SSSR count). The highest BCUT2D eigenvalue weighted by Gasteiger charge is 2.21. The average molecular weight is 282 g/mol. The first-order valence-corrected chi connectivity index (χ1v) is 5.81. The van der Waals surface area contributed by atoms with E-state index in [0.29, 0.717) is 23.6 Å². The number of anilines is 1. The lowest BCUT2D eigenvalue weighted by Crippen LogP contribution is -2.16. The van der Waals surface area contributed by atoms with E-state index in [2.05, 4.69) is 20.5 Å². The Bertz CT molecular complexity index is 605. The summed E-state index contributed by atoms with van der Waals surface area (Å²) in [6.07, 6.45) is 3.41. The Labute approximate surface area is 114 Å². The van der Waals surface area contributed by atoms with Gasteiger partial charge in [-0.05, 0) is 19.9 Å². The van der Waals surface area contributed by atoms with Crippen LogP contribution in [-0.2, 0) is 10.4 Å². The quantitative estimate of drug-likeness (QED) is 0.819. The Morgan fingerprint density at radius 1 is 1.47 bits per heavy atom. The zero-order valence-electron chi connectivity index (χ0n) is 10.3. The van der Waals surface area contributed by atoms with Gasteiger partial charge in [-0.25, -0.2) is 4.98 Å². The van der Waals surface area contributed by atoms with Crippen molar-refractivity contribution >= 4 is 23.7 Å². The number of carbonyl (C=O) groups is 1. The molecule has 0 fully saturated rings. The van der Waals surface area contributed by atoms with Crippen molar-refractivity contribution in [3.63, 3.8) is 0 Å². The maximum absolute atomic E-state index is 10.3. The molecule has 0 atom stereocenters. The first kappa shape index (κ1) is 13.4. The van der Waals surface area contributed by atoms with Crippen LogP contribution < -0.4 is 5.32 Å². The molecule has 2 aromatic rings. The number of nitrogens with zero attached hydrogens (tertiary/aromatic N) is 4. The fourth-order valence-electron chi connectivity index (χ4n) is 1.37. The van der Waals surface area contributed by atoms with Gasteiger partial charge in [0, 0.05) is 0 Å². The van der Waals surface area contributed by atoms with Crippen molar-refractivity contribution in [2.24, 2.45) is 0 Å². The van der Waals surface area contributed by atoms with Gasteiger partial charge in [0.05, 0.1) is 23.1 Å². The summed E-state index contributed by atoms with van der Waals surface area (Å²) >= 11 is 6.04. The monoisotopic (exact) mass is 281 g/mol. The number of rotatable bonds is 4. The third-order valence-corrected chi connectivity index (χ3v) is 2.63. The number of hydrogen-bond acceptors (Lipinski definition) is 5. The molecule has 0 radical (unpaired) electrons. The summed E-state index contributed by atoms with van der Waals surface area (Å²) in [5.74, 6) is 0.314. The molecule has 8 heteroatoms. The lowest BCUT2D eigenvalue weighted by Gasteiger charge is -2.12. The van der Waals surface area contributed by atoms with Crippen molar-refractivity contribution in [3.8, 4) is 5.82 Å². The number of halogens is 1. The average Bonchev–Trinajstić information content (AvgIpc) is 2.78. The van der Waals surface area contributed by atoms with Crippen molar-refractivity contribution in [1.82, 2.24) is 20.0 Å². The summed E-state index contributed by atoms with van der Waals surface area (Å²) in [7, 11) is 0. The van der Waals surface area contributed by atoms with Crippen molar-refractivity contribution in [2.75, 3.05) is 5.32 Å². The standard InChI is InChI=1S/C11H12ClN5O2/c1-11(2,19)9-5-15-17(16-9)10-8(12)3-7(4-13-10)14-6-18/h3-6,19H,1-2H3,(H,14,18). The summed E-state index contributed by atoms with van der Waals surface area (Å²) < 4.78 is 0. The van der Waals surface area contributed by atoms with Crippen molar-refractivity contribution in [3.05, 3.63) is 29.2 Å². The van der Waals surface area contributed by atoms with Crippen molar-refractivity contribution in [2.45, 2.75) is 19.4 Å². The van der Waals surface area contributed by atoms with Gasteiger partial charge in [-0.2, -0.15) is 5.10 Å². The molecule has 0 aliphatic rings. The van der Waals surface area contributed by atoms with E-state index in [1.807, 2.05) is 0 Å². The Kier molecular flexibility index (Phi) is 3.50. The minimum absolute atomic E-state index is 0.282. The number of nitrogens with one attached hydrogen (secondary N) is 1. The van der Waals surface area contributed by atoms with Gasteiger partial charge < -0.3 is 10.4 Å². The topological polar surface area (TPSA) is 92.9 Å². The van der Waals surface area contributed by atoms with Crippen LogP contribution in [-0.4, -0.2) is 31.5 Å². The van der Waals surface area contributed by atoms with Gasteiger partial charge >= 0.3 is 0 Å². The molecule has 1 amide bonds. The third kappa shape index (κ3) is 2.88. The number of aromatic nitrogens is 4. The molecule has 7 nitrogen and oxygen atoms in total. The maximum Gasteiger partial charge on any atom is 0.211 e. The zero-order valence-corrected chi connectivity index (χ0v) is 11.1. The van der Waals surface area contributed by atoms with Crippen molar-refractivity contribution in [1.29, 1.82) is 0 Å². The number of amides is 1. The van der Waals surface area contributed by atoms with Crippen LogP contribution in [0.5, 0.6) is 0 Å². The van der Waals surface area contributed by atoms with E-state index < -0.39 is 5.60 Å². The van der Waals surface area contributed by atoms with E-state index in [9.17, 15) is 9.90 Å². The highest BCUT2D eigenvalue weighted by atomic mass is 35.5. The second kappa shape index (κ2) is 4.94. The Balaban J connectivity index is 2.37. The van der Waals surface area contributed by atoms with E-state index in [4.69, 9.17) is 11.6 Å². The van der Waals surface area contributed by atoms with Gasteiger partial charge in [0.1, 0.15) is 11.3 Å². The fourth-order valence-corrected chi connectivity index (χ4v) is 1.61. The van der Waals surface area contributed by atoms with E-state index in [-0.39, 0.29) is 5.02 Å². The minimum Gasteiger partial charge on any atom is -0.384 e. The van der Waals surface area contributed by atoms with Gasteiger partial charge in [0.15, 0.2) is 5.82 Å². The SMILES string of the molecule is CC(C)(O)c1cnn(-c2ncc(NC=O)cc2Cl)n1. The predicted molar refractivity (Wildman–Crippen MR) is 69.1 cm³/mol. The molecule has 2 N–H and O–H groups in total. The lowest BCUT2D eigenvalue weighted by atomic mass is 10.1. The molecule has 0 unspecified atom stereocenters. The van der Waals surface area contributed by atoms with Gasteiger partial charge in [-0.1, -0.05) is 11.6 Å². The Morgan fingerprint density at radius 2 is 2.21 bits per heavy atom. The van der Waals surface area contributed by atoms with E-state index in [0.717, 1.165) is 0 Å². The van der Waals surface area contributed by atoms with E-state index >= 15 is 0 Å². The summed E-state index contributed by atoms with van der Waals surface area (Å²) in [5, 5.41) is 20.6. The molecule has 0 spiro atoms. The number of pyridine rings is 1. The summed E-state index contributed by atoms with van der Waals surface area (Å²) in [5.41, 5.74) is -0.219. The number of hydrogen-bond donors (Lipinski definition) is 2. The van der Waals surface area contributed by atoms with Crippen LogP contribution in [0, 0.1) is 0 Å². The molecule has 0 bridgehead atoms. The largest absolute Gasteiger partial charge is 0.384 e. The fraction of sp³-hybridized carbons (Fsp3) is 0.273. The Morgan fingerprint density at radius 3 is 2.74 bits per heavy atom.